The third-order valence-electron chi connectivity index (χ3n) is 3.38. The van der Waals surface area contributed by atoms with Crippen LogP contribution in [0.15, 0.2) is 47.3 Å². The number of nitrogens with one attached hydrogen (secondary N) is 1. The molecule has 3 rings (SSSR count). The zero-order valence-corrected chi connectivity index (χ0v) is 12.4. The molecule has 0 saturated carbocycles. The third-order valence-corrected chi connectivity index (χ3v) is 3.38. The Balaban J connectivity index is 0.00000161. The lowest BCUT2D eigenvalue weighted by molar-refractivity contribution is 1.04. The summed E-state index contributed by atoms with van der Waals surface area (Å²) < 4.78 is 0. The van der Waals surface area contributed by atoms with Crippen LogP contribution in [0.3, 0.4) is 0 Å². The van der Waals surface area contributed by atoms with E-state index in [1.54, 1.807) is 6.07 Å². The van der Waals surface area contributed by atoms with Crippen LogP contribution in [0.1, 0.15) is 12.6 Å². The number of aryl methyl sites for hydroxylation is 1. The first-order valence-electron chi connectivity index (χ1n) is 6.57. The third kappa shape index (κ3) is 2.76. The molecular weight excluding hydrogens is 286 g/mol. The Kier molecular flexibility index (Phi) is 4.29. The van der Waals surface area contributed by atoms with Crippen LogP contribution >= 0.6 is 12.4 Å². The predicted octanol–water partition coefficient (Wildman–Crippen LogP) is 3.16. The molecule has 0 amide bonds. The van der Waals surface area contributed by atoms with Gasteiger partial charge in [-0.1, -0.05) is 25.1 Å². The van der Waals surface area contributed by atoms with Crippen molar-refractivity contribution in [1.82, 2.24) is 9.97 Å². The van der Waals surface area contributed by atoms with Crippen molar-refractivity contribution in [3.8, 4) is 11.1 Å². The Bertz CT molecular complexity index is 842. The lowest BCUT2D eigenvalue weighted by atomic mass is 9.99. The number of rotatable bonds is 2. The molecule has 3 aromatic rings. The zero-order valence-electron chi connectivity index (χ0n) is 11.6. The second-order valence-corrected chi connectivity index (χ2v) is 4.68. The van der Waals surface area contributed by atoms with E-state index in [0.29, 0.717) is 5.82 Å². The van der Waals surface area contributed by atoms with Gasteiger partial charge in [-0.05, 0) is 30.0 Å². The van der Waals surface area contributed by atoms with Gasteiger partial charge in [0.05, 0.1) is 11.2 Å². The summed E-state index contributed by atoms with van der Waals surface area (Å²) >= 11 is 0. The minimum Gasteiger partial charge on any atom is -0.384 e. The van der Waals surface area contributed by atoms with Crippen LogP contribution in [-0.2, 0) is 6.42 Å². The van der Waals surface area contributed by atoms with Gasteiger partial charge < -0.3 is 10.7 Å². The Morgan fingerprint density at radius 1 is 1.10 bits per heavy atom. The average Bonchev–Trinajstić information content (AvgIpc) is 2.46. The van der Waals surface area contributed by atoms with E-state index in [1.165, 1.54) is 6.07 Å². The normalized spacial score (nSPS) is 10.3. The molecule has 108 valence electrons. The van der Waals surface area contributed by atoms with Crippen molar-refractivity contribution in [2.45, 2.75) is 13.3 Å². The maximum absolute atomic E-state index is 11.6. The van der Waals surface area contributed by atoms with E-state index >= 15 is 0 Å². The van der Waals surface area contributed by atoms with Gasteiger partial charge in [0.15, 0.2) is 0 Å². The van der Waals surface area contributed by atoms with Gasteiger partial charge in [-0.25, -0.2) is 4.98 Å². The van der Waals surface area contributed by atoms with Crippen LogP contribution in [0.25, 0.3) is 22.0 Å². The highest BCUT2D eigenvalue weighted by atomic mass is 35.5. The van der Waals surface area contributed by atoms with E-state index in [1.807, 2.05) is 37.3 Å². The number of hydrogen-bond acceptors (Lipinski definition) is 3. The van der Waals surface area contributed by atoms with Crippen molar-refractivity contribution < 1.29 is 0 Å². The van der Waals surface area contributed by atoms with Crippen LogP contribution in [0.2, 0.25) is 0 Å². The highest BCUT2D eigenvalue weighted by Gasteiger charge is 2.09. The molecule has 5 heteroatoms. The highest BCUT2D eigenvalue weighted by molar-refractivity contribution is 5.94. The van der Waals surface area contributed by atoms with Gasteiger partial charge in [0.2, 0.25) is 5.56 Å². The number of halogens is 1. The fraction of sp³-hybridized carbons (Fsp3) is 0.125. The average molecular weight is 302 g/mol. The first-order valence-corrected chi connectivity index (χ1v) is 6.57. The number of hydrogen-bond donors (Lipinski definition) is 2. The van der Waals surface area contributed by atoms with Gasteiger partial charge in [-0.15, -0.1) is 12.4 Å². The SMILES string of the molecule is CCc1nc(N)ccc1-c1cccc2ccc(=O)[nH]c12.Cl. The van der Waals surface area contributed by atoms with Crippen LogP contribution in [0.4, 0.5) is 5.82 Å². The Labute approximate surface area is 128 Å². The molecule has 3 N–H and O–H groups in total. The number of nitrogens with zero attached hydrogens (tertiary/aromatic N) is 1. The molecule has 0 aliphatic rings. The number of benzene rings is 1. The van der Waals surface area contributed by atoms with E-state index in [0.717, 1.165) is 34.1 Å². The van der Waals surface area contributed by atoms with Crippen LogP contribution in [-0.4, -0.2) is 9.97 Å². The zero-order chi connectivity index (χ0) is 14.1. The maximum Gasteiger partial charge on any atom is 0.248 e. The van der Waals surface area contributed by atoms with E-state index in [2.05, 4.69) is 9.97 Å². The van der Waals surface area contributed by atoms with Crippen LogP contribution in [0, 0.1) is 0 Å². The molecule has 0 aliphatic heterocycles. The molecule has 0 bridgehead atoms. The molecule has 0 atom stereocenters. The number of aromatic nitrogens is 2. The second-order valence-electron chi connectivity index (χ2n) is 4.68. The van der Waals surface area contributed by atoms with E-state index in [-0.39, 0.29) is 18.0 Å². The van der Waals surface area contributed by atoms with Gasteiger partial charge in [-0.3, -0.25) is 4.79 Å². The van der Waals surface area contributed by atoms with Crippen molar-refractivity contribution in [1.29, 1.82) is 0 Å². The smallest absolute Gasteiger partial charge is 0.248 e. The molecule has 2 aromatic heterocycles. The molecule has 21 heavy (non-hydrogen) atoms. The van der Waals surface area contributed by atoms with Gasteiger partial charge in [0.25, 0.3) is 0 Å². The molecule has 4 nitrogen and oxygen atoms in total. The summed E-state index contributed by atoms with van der Waals surface area (Å²) in [6, 6.07) is 13.1. The van der Waals surface area contributed by atoms with Crippen LogP contribution < -0.4 is 11.3 Å². The minimum atomic E-state index is -0.105. The molecular formula is C16H16ClN3O. The first-order chi connectivity index (χ1) is 9.69. The maximum atomic E-state index is 11.6. The lowest BCUT2D eigenvalue weighted by Crippen LogP contribution is -2.04. The summed E-state index contributed by atoms with van der Waals surface area (Å²) in [5.74, 6) is 0.513. The number of aromatic amines is 1. The molecule has 0 fully saturated rings. The number of nitrogens with two attached hydrogens (primary N) is 1. The van der Waals surface area contributed by atoms with Gasteiger partial charge in [0.1, 0.15) is 5.82 Å². The summed E-state index contributed by atoms with van der Waals surface area (Å²) in [5.41, 5.74) is 9.40. The quantitative estimate of drug-likeness (QED) is 0.763. The number of pyridine rings is 2. The van der Waals surface area contributed by atoms with Crippen molar-refractivity contribution in [2.24, 2.45) is 0 Å². The van der Waals surface area contributed by atoms with Crippen molar-refractivity contribution in [2.75, 3.05) is 5.73 Å². The Hall–Kier alpha value is -2.33. The summed E-state index contributed by atoms with van der Waals surface area (Å²) in [7, 11) is 0. The fourth-order valence-corrected chi connectivity index (χ4v) is 2.44. The molecule has 1 aromatic carbocycles. The van der Waals surface area contributed by atoms with Crippen LogP contribution in [0.5, 0.6) is 0 Å². The number of anilines is 1. The lowest BCUT2D eigenvalue weighted by Gasteiger charge is -2.10. The van der Waals surface area contributed by atoms with E-state index in [9.17, 15) is 4.79 Å². The molecule has 0 aliphatic carbocycles. The fourth-order valence-electron chi connectivity index (χ4n) is 2.44. The number of para-hydroxylation sites is 1. The Morgan fingerprint density at radius 3 is 2.67 bits per heavy atom. The molecule has 2 heterocycles. The minimum absolute atomic E-state index is 0. The van der Waals surface area contributed by atoms with Crippen molar-refractivity contribution >= 4 is 29.1 Å². The highest BCUT2D eigenvalue weighted by Crippen LogP contribution is 2.29. The molecule has 0 radical (unpaired) electrons. The topological polar surface area (TPSA) is 71.8 Å². The second kappa shape index (κ2) is 5.97. The summed E-state index contributed by atoms with van der Waals surface area (Å²) in [4.78, 5) is 18.9. The number of nitrogen functional groups attached to an aromatic ring is 1. The summed E-state index contributed by atoms with van der Waals surface area (Å²) in [5, 5.41) is 1.00. The van der Waals surface area contributed by atoms with Gasteiger partial charge in [-0.2, -0.15) is 0 Å². The van der Waals surface area contributed by atoms with Crippen molar-refractivity contribution in [3.05, 3.63) is 58.5 Å². The van der Waals surface area contributed by atoms with Gasteiger partial charge in [0, 0.05) is 17.2 Å². The van der Waals surface area contributed by atoms with Crippen molar-refractivity contribution in [3.63, 3.8) is 0 Å². The number of H-pyrrole nitrogens is 1. The molecule has 0 unspecified atom stereocenters. The van der Waals surface area contributed by atoms with Gasteiger partial charge >= 0.3 is 0 Å². The standard InChI is InChI=1S/C16H15N3O.ClH/c1-2-13-11(7-8-14(17)18-13)12-5-3-4-10-6-9-15(20)19-16(10)12;/h3-9H,2H2,1H3,(H2,17,18)(H,19,20);1H. The monoisotopic (exact) mass is 301 g/mol. The molecule has 0 saturated heterocycles. The Morgan fingerprint density at radius 2 is 1.90 bits per heavy atom. The number of fused-ring (bicyclic) bond motifs is 1. The summed E-state index contributed by atoms with van der Waals surface area (Å²) in [6.07, 6.45) is 0.786. The summed E-state index contributed by atoms with van der Waals surface area (Å²) in [6.45, 7) is 2.04. The van der Waals surface area contributed by atoms with E-state index < -0.39 is 0 Å². The first kappa shape index (κ1) is 15.1. The van der Waals surface area contributed by atoms with E-state index in [4.69, 9.17) is 5.73 Å². The molecule has 0 spiro atoms. The largest absolute Gasteiger partial charge is 0.384 e. The predicted molar refractivity (Wildman–Crippen MR) is 88.8 cm³/mol.